The molecule has 5 aromatic rings. The number of aromatic nitrogens is 2. The third-order valence-corrected chi connectivity index (χ3v) is 5.93. The highest BCUT2D eigenvalue weighted by atomic mass is 35.5. The van der Waals surface area contributed by atoms with Gasteiger partial charge in [0.15, 0.2) is 0 Å². The summed E-state index contributed by atoms with van der Waals surface area (Å²) in [6, 6.07) is 24.1. The quantitative estimate of drug-likeness (QED) is 0.387. The van der Waals surface area contributed by atoms with Gasteiger partial charge in [-0.25, -0.2) is 9.36 Å². The van der Waals surface area contributed by atoms with Crippen LogP contribution in [0.15, 0.2) is 105 Å². The van der Waals surface area contributed by atoms with Crippen LogP contribution < -0.4 is 16.6 Å². The number of para-hydroxylation sites is 1. The fourth-order valence-corrected chi connectivity index (χ4v) is 4.05. The van der Waals surface area contributed by atoms with Crippen molar-refractivity contribution in [2.45, 2.75) is 13.1 Å². The summed E-state index contributed by atoms with van der Waals surface area (Å²) in [6.45, 7) is 0.411. The monoisotopic (exact) mass is 485 g/mol. The largest absolute Gasteiger partial charge is 0.467 e. The highest BCUT2D eigenvalue weighted by Crippen LogP contribution is 2.17. The number of carbonyl (C=O) groups is 1. The lowest BCUT2D eigenvalue weighted by atomic mass is 10.1. The molecule has 35 heavy (non-hydrogen) atoms. The molecule has 7 nitrogen and oxygen atoms in total. The Kier molecular flexibility index (Phi) is 6.08. The van der Waals surface area contributed by atoms with Crippen molar-refractivity contribution < 1.29 is 9.21 Å². The van der Waals surface area contributed by atoms with E-state index in [1.165, 1.54) is 10.8 Å². The minimum atomic E-state index is -0.503. The van der Waals surface area contributed by atoms with E-state index in [1.54, 1.807) is 66.7 Å². The molecule has 0 aliphatic heterocycles. The Bertz CT molecular complexity index is 1620. The fraction of sp³-hybridized carbons (Fsp3) is 0.0741. The van der Waals surface area contributed by atoms with Gasteiger partial charge in [-0.2, -0.15) is 0 Å². The second-order valence-electron chi connectivity index (χ2n) is 7.97. The molecule has 5 rings (SSSR count). The van der Waals surface area contributed by atoms with Crippen LogP contribution in [0, 0.1) is 0 Å². The van der Waals surface area contributed by atoms with E-state index < -0.39 is 11.2 Å². The van der Waals surface area contributed by atoms with Crippen molar-refractivity contribution in [3.05, 3.63) is 134 Å². The molecule has 3 aromatic carbocycles. The molecule has 0 aliphatic rings. The van der Waals surface area contributed by atoms with Gasteiger partial charge in [0, 0.05) is 10.6 Å². The van der Waals surface area contributed by atoms with Gasteiger partial charge in [-0.05, 0) is 60.2 Å². The normalized spacial score (nSPS) is 11.0. The number of hydrogen-bond acceptors (Lipinski definition) is 4. The Labute approximate surface area is 204 Å². The number of nitrogens with zero attached hydrogens (tertiary/aromatic N) is 2. The summed E-state index contributed by atoms with van der Waals surface area (Å²) in [5.41, 5.74) is 1.03. The summed E-state index contributed by atoms with van der Waals surface area (Å²) in [4.78, 5) is 39.8. The van der Waals surface area contributed by atoms with E-state index >= 15 is 0 Å². The van der Waals surface area contributed by atoms with Crippen LogP contribution in [0.25, 0.3) is 16.6 Å². The zero-order valence-electron chi connectivity index (χ0n) is 18.5. The molecule has 174 valence electrons. The van der Waals surface area contributed by atoms with Gasteiger partial charge in [-0.15, -0.1) is 0 Å². The molecule has 0 saturated heterocycles. The molecule has 1 N–H and O–H groups in total. The Hall–Kier alpha value is -4.36. The zero-order chi connectivity index (χ0) is 24.4. The Morgan fingerprint density at radius 3 is 2.40 bits per heavy atom. The first-order valence-electron chi connectivity index (χ1n) is 10.9. The van der Waals surface area contributed by atoms with Gasteiger partial charge in [-0.3, -0.25) is 14.2 Å². The van der Waals surface area contributed by atoms with Crippen LogP contribution in [0.3, 0.4) is 0 Å². The number of amides is 1. The molecule has 2 aromatic heterocycles. The molecule has 8 heteroatoms. The molecule has 0 bridgehead atoms. The number of carbonyl (C=O) groups excluding carboxylic acids is 1. The van der Waals surface area contributed by atoms with Gasteiger partial charge >= 0.3 is 5.69 Å². The van der Waals surface area contributed by atoms with Gasteiger partial charge < -0.3 is 9.73 Å². The number of halogens is 1. The van der Waals surface area contributed by atoms with E-state index in [1.807, 2.05) is 18.2 Å². The van der Waals surface area contributed by atoms with Crippen LogP contribution in [0.1, 0.15) is 21.7 Å². The number of hydrogen-bond donors (Lipinski definition) is 1. The van der Waals surface area contributed by atoms with Gasteiger partial charge in [0.2, 0.25) is 0 Å². The summed E-state index contributed by atoms with van der Waals surface area (Å²) in [6.07, 6.45) is 1.53. The molecule has 0 fully saturated rings. The Balaban J connectivity index is 1.65. The first-order valence-corrected chi connectivity index (χ1v) is 11.3. The predicted octanol–water partition coefficient (Wildman–Crippen LogP) is 4.38. The third-order valence-electron chi connectivity index (χ3n) is 5.68. The lowest BCUT2D eigenvalue weighted by Crippen LogP contribution is -2.39. The highest BCUT2D eigenvalue weighted by Gasteiger charge is 2.17. The number of fused-ring (bicyclic) bond motifs is 1. The van der Waals surface area contributed by atoms with Crippen LogP contribution >= 0.6 is 11.6 Å². The van der Waals surface area contributed by atoms with E-state index in [4.69, 9.17) is 16.0 Å². The number of nitrogens with one attached hydrogen (secondary N) is 1. The van der Waals surface area contributed by atoms with E-state index in [9.17, 15) is 14.4 Å². The fourth-order valence-electron chi connectivity index (χ4n) is 3.92. The smallest absolute Gasteiger partial charge is 0.336 e. The molecule has 0 unspecified atom stereocenters. The van der Waals surface area contributed by atoms with Gasteiger partial charge in [0.1, 0.15) is 5.76 Å². The molecule has 1 amide bonds. The maximum absolute atomic E-state index is 13.6. The Morgan fingerprint density at radius 1 is 0.914 bits per heavy atom. The van der Waals surface area contributed by atoms with Gasteiger partial charge in [0.25, 0.3) is 11.5 Å². The van der Waals surface area contributed by atoms with Crippen molar-refractivity contribution in [1.29, 1.82) is 0 Å². The molecule has 0 radical (unpaired) electrons. The molecule has 0 spiro atoms. The first-order chi connectivity index (χ1) is 17.0. The van der Waals surface area contributed by atoms with Crippen LogP contribution in [0.4, 0.5) is 0 Å². The zero-order valence-corrected chi connectivity index (χ0v) is 19.2. The number of rotatable bonds is 6. The first kappa shape index (κ1) is 22.4. The SMILES string of the molecule is O=C(NCc1ccco1)c1ccc2c(=O)n(-c3ccccc3)c(=O)n(Cc3ccc(Cl)cc3)c2c1. The van der Waals surface area contributed by atoms with Crippen LogP contribution in [0.5, 0.6) is 0 Å². The standard InChI is InChI=1S/C27H20ClN3O4/c28-20-11-8-18(9-12-20)17-30-24-15-19(25(32)29-16-22-7-4-14-35-22)10-13-23(24)26(33)31(27(30)34)21-5-2-1-3-6-21/h1-15H,16-17H2,(H,29,32). The maximum Gasteiger partial charge on any atom is 0.336 e. The third kappa shape index (κ3) is 4.54. The Morgan fingerprint density at radius 2 is 1.69 bits per heavy atom. The van der Waals surface area contributed by atoms with Crippen LogP contribution in [-0.4, -0.2) is 15.0 Å². The maximum atomic E-state index is 13.6. The summed E-state index contributed by atoms with van der Waals surface area (Å²) >= 11 is 6.02. The average Bonchev–Trinajstić information content (AvgIpc) is 3.40. The second-order valence-corrected chi connectivity index (χ2v) is 8.40. The predicted molar refractivity (Wildman–Crippen MR) is 134 cm³/mol. The van der Waals surface area contributed by atoms with Gasteiger partial charge in [-0.1, -0.05) is 41.9 Å². The van der Waals surface area contributed by atoms with Crippen LogP contribution in [0.2, 0.25) is 5.02 Å². The minimum Gasteiger partial charge on any atom is -0.467 e. The minimum absolute atomic E-state index is 0.192. The lowest BCUT2D eigenvalue weighted by Gasteiger charge is -2.15. The molecule has 2 heterocycles. The van der Waals surface area contributed by atoms with Gasteiger partial charge in [0.05, 0.1) is 35.9 Å². The van der Waals surface area contributed by atoms with Crippen molar-refractivity contribution in [3.63, 3.8) is 0 Å². The van der Waals surface area contributed by atoms with Crippen LogP contribution in [-0.2, 0) is 13.1 Å². The van der Waals surface area contributed by atoms with Crippen molar-refractivity contribution in [3.8, 4) is 5.69 Å². The number of furan rings is 1. The van der Waals surface area contributed by atoms with Crippen molar-refractivity contribution in [2.24, 2.45) is 0 Å². The van der Waals surface area contributed by atoms with E-state index in [2.05, 4.69) is 5.32 Å². The molecule has 0 atom stereocenters. The molecule has 0 saturated carbocycles. The summed E-state index contributed by atoms with van der Waals surface area (Å²) in [7, 11) is 0. The molecule has 0 aliphatic carbocycles. The lowest BCUT2D eigenvalue weighted by molar-refractivity contribution is 0.0948. The van der Waals surface area contributed by atoms with E-state index in [-0.39, 0.29) is 19.0 Å². The van der Waals surface area contributed by atoms with Crippen molar-refractivity contribution in [1.82, 2.24) is 14.5 Å². The van der Waals surface area contributed by atoms with E-state index in [0.29, 0.717) is 32.9 Å². The van der Waals surface area contributed by atoms with Crippen molar-refractivity contribution >= 4 is 28.4 Å². The second kappa shape index (κ2) is 9.48. The summed E-state index contributed by atoms with van der Waals surface area (Å²) in [5.74, 6) is 0.269. The molecular formula is C27H20ClN3O4. The highest BCUT2D eigenvalue weighted by molar-refractivity contribution is 6.30. The average molecular weight is 486 g/mol. The number of benzene rings is 3. The van der Waals surface area contributed by atoms with Crippen molar-refractivity contribution in [2.75, 3.05) is 0 Å². The van der Waals surface area contributed by atoms with E-state index in [0.717, 1.165) is 10.1 Å². The summed E-state index contributed by atoms with van der Waals surface area (Å²) in [5, 5.41) is 3.69. The topological polar surface area (TPSA) is 86.2 Å². The molecular weight excluding hydrogens is 466 g/mol. The summed E-state index contributed by atoms with van der Waals surface area (Å²) < 4.78 is 7.90.